The van der Waals surface area contributed by atoms with Gasteiger partial charge in [0.2, 0.25) is 0 Å². The van der Waals surface area contributed by atoms with E-state index in [1.54, 1.807) is 0 Å². The fraction of sp³-hybridized carbons (Fsp3) is 0.571. The van der Waals surface area contributed by atoms with Gasteiger partial charge in [0.1, 0.15) is 11.3 Å². The predicted molar refractivity (Wildman–Crippen MR) is 71.4 cm³/mol. The van der Waals surface area contributed by atoms with Gasteiger partial charge in [-0.3, -0.25) is 10.1 Å². The highest BCUT2D eigenvalue weighted by Gasteiger charge is 2.53. The van der Waals surface area contributed by atoms with Crippen molar-refractivity contribution >= 4 is 5.69 Å². The number of nitro groups is 1. The third kappa shape index (κ3) is 2.63. The molecule has 2 N–H and O–H groups in total. The first kappa shape index (κ1) is 15.1. The molecule has 0 saturated heterocycles. The van der Waals surface area contributed by atoms with E-state index >= 15 is 0 Å². The van der Waals surface area contributed by atoms with E-state index in [0.717, 1.165) is 31.7 Å². The molecule has 0 unspecified atom stereocenters. The molecule has 2 aliphatic rings. The van der Waals surface area contributed by atoms with Crippen LogP contribution in [0.4, 0.5) is 18.9 Å². The first-order valence-corrected chi connectivity index (χ1v) is 6.96. The van der Waals surface area contributed by atoms with Crippen molar-refractivity contribution in [1.29, 1.82) is 0 Å². The topological polar surface area (TPSA) is 78.4 Å². The number of rotatable bonds is 3. The molecule has 0 bridgehead atoms. The first-order valence-electron chi connectivity index (χ1n) is 6.96. The highest BCUT2D eigenvalue weighted by Crippen LogP contribution is 2.56. The average molecular weight is 316 g/mol. The molecule has 0 atom stereocenters. The molecule has 1 aromatic rings. The van der Waals surface area contributed by atoms with Crippen LogP contribution in [0.2, 0.25) is 0 Å². The lowest BCUT2D eigenvalue weighted by Gasteiger charge is -2.56. The third-order valence-electron chi connectivity index (χ3n) is 4.48. The second-order valence-electron chi connectivity index (χ2n) is 6.25. The number of benzene rings is 1. The molecule has 8 heteroatoms. The van der Waals surface area contributed by atoms with E-state index in [1.165, 1.54) is 6.07 Å². The quantitative estimate of drug-likeness (QED) is 0.686. The zero-order valence-electron chi connectivity index (χ0n) is 11.6. The van der Waals surface area contributed by atoms with E-state index in [-0.39, 0.29) is 23.3 Å². The van der Waals surface area contributed by atoms with Crippen molar-refractivity contribution in [1.82, 2.24) is 0 Å². The Bertz CT molecular complexity index is 604. The molecular weight excluding hydrogens is 301 g/mol. The van der Waals surface area contributed by atoms with E-state index < -0.39 is 22.4 Å². The molecule has 2 fully saturated rings. The van der Waals surface area contributed by atoms with Crippen LogP contribution >= 0.6 is 0 Å². The van der Waals surface area contributed by atoms with Gasteiger partial charge in [0.05, 0.1) is 11.0 Å². The van der Waals surface area contributed by atoms with Gasteiger partial charge in [-0.2, -0.15) is 13.2 Å². The summed E-state index contributed by atoms with van der Waals surface area (Å²) in [4.78, 5) is 9.64. The normalized spacial score (nSPS) is 30.5. The maximum atomic E-state index is 12.9. The number of nitro benzene ring substituents is 1. The Balaban J connectivity index is 1.71. The van der Waals surface area contributed by atoms with Crippen molar-refractivity contribution < 1.29 is 22.8 Å². The number of ether oxygens (including phenoxy) is 1. The fourth-order valence-corrected chi connectivity index (χ4v) is 3.54. The molecule has 0 radical (unpaired) electrons. The summed E-state index contributed by atoms with van der Waals surface area (Å²) in [6.07, 6.45) is -1.52. The first-order chi connectivity index (χ1) is 10.2. The van der Waals surface area contributed by atoms with Crippen LogP contribution < -0.4 is 10.5 Å². The number of hydrogen-bond donors (Lipinski definition) is 1. The smallest absolute Gasteiger partial charge is 0.423 e. The molecule has 2 aliphatic carbocycles. The van der Waals surface area contributed by atoms with Crippen LogP contribution in [0.5, 0.6) is 5.75 Å². The molecule has 22 heavy (non-hydrogen) atoms. The maximum absolute atomic E-state index is 12.9. The Morgan fingerprint density at radius 1 is 1.27 bits per heavy atom. The minimum atomic E-state index is -4.79. The highest BCUT2D eigenvalue weighted by molar-refractivity contribution is 5.47. The summed E-state index contributed by atoms with van der Waals surface area (Å²) in [6, 6.07) is 2.98. The van der Waals surface area contributed by atoms with Crippen molar-refractivity contribution in [3.05, 3.63) is 33.9 Å². The third-order valence-corrected chi connectivity index (χ3v) is 4.48. The molecule has 5 nitrogen and oxygen atoms in total. The van der Waals surface area contributed by atoms with Gasteiger partial charge in [-0.1, -0.05) is 0 Å². The van der Waals surface area contributed by atoms with Crippen LogP contribution in [0, 0.1) is 15.5 Å². The van der Waals surface area contributed by atoms with E-state index in [1.807, 2.05) is 0 Å². The summed E-state index contributed by atoms with van der Waals surface area (Å²) in [5, 5.41) is 10.7. The van der Waals surface area contributed by atoms with Crippen molar-refractivity contribution in [3.63, 3.8) is 0 Å². The van der Waals surface area contributed by atoms with Crippen LogP contribution in [0.25, 0.3) is 0 Å². The van der Waals surface area contributed by atoms with Gasteiger partial charge < -0.3 is 10.5 Å². The number of nitrogens with two attached hydrogens (primary N) is 1. The summed E-state index contributed by atoms with van der Waals surface area (Å²) >= 11 is 0. The molecule has 0 heterocycles. The minimum Gasteiger partial charge on any atom is -0.490 e. The van der Waals surface area contributed by atoms with E-state index in [4.69, 9.17) is 10.5 Å². The molecule has 0 aliphatic heterocycles. The zero-order valence-corrected chi connectivity index (χ0v) is 11.6. The summed E-state index contributed by atoms with van der Waals surface area (Å²) in [7, 11) is 0. The van der Waals surface area contributed by atoms with Crippen molar-refractivity contribution in [2.24, 2.45) is 11.1 Å². The largest absolute Gasteiger partial charge is 0.490 e. The Labute approximate surface area is 124 Å². The molecule has 3 rings (SSSR count). The number of alkyl halides is 3. The van der Waals surface area contributed by atoms with Gasteiger partial charge in [-0.25, -0.2) is 0 Å². The van der Waals surface area contributed by atoms with Crippen LogP contribution in [-0.2, 0) is 6.18 Å². The minimum absolute atomic E-state index is 0.0152. The Morgan fingerprint density at radius 2 is 1.91 bits per heavy atom. The van der Waals surface area contributed by atoms with Crippen molar-refractivity contribution in [2.45, 2.75) is 44.0 Å². The van der Waals surface area contributed by atoms with Crippen LogP contribution in [0.1, 0.15) is 31.2 Å². The Hall–Kier alpha value is -1.83. The van der Waals surface area contributed by atoms with Gasteiger partial charge in [-0.05, 0) is 43.2 Å². The maximum Gasteiger partial charge on any atom is 0.423 e. The lowest BCUT2D eigenvalue weighted by molar-refractivity contribution is -0.388. The van der Waals surface area contributed by atoms with Gasteiger partial charge in [0.15, 0.2) is 0 Å². The van der Waals surface area contributed by atoms with Crippen LogP contribution in [-0.4, -0.2) is 17.1 Å². The number of halogens is 3. The SMILES string of the molecule is NC1CC2(C1)CC(Oc1ccc([N+](=O)[O-])c(C(F)(F)F)c1)C2. The van der Waals surface area contributed by atoms with Crippen molar-refractivity contribution in [3.8, 4) is 5.75 Å². The number of hydrogen-bond acceptors (Lipinski definition) is 4. The lowest BCUT2D eigenvalue weighted by Crippen LogP contribution is -2.56. The van der Waals surface area contributed by atoms with Gasteiger partial charge in [-0.15, -0.1) is 0 Å². The summed E-state index contributed by atoms with van der Waals surface area (Å²) in [5.74, 6) is 0.0152. The second kappa shape index (κ2) is 4.84. The van der Waals surface area contributed by atoms with Crippen LogP contribution in [0.3, 0.4) is 0 Å². The standard InChI is InChI=1S/C14H15F3N2O3/c15-14(16,17)11-3-9(1-2-12(11)19(20)21)22-10-6-13(7-10)4-8(18)5-13/h1-3,8,10H,4-7,18H2. The highest BCUT2D eigenvalue weighted by atomic mass is 19.4. The van der Waals surface area contributed by atoms with Gasteiger partial charge in [0.25, 0.3) is 5.69 Å². The Kier molecular flexibility index (Phi) is 3.32. The number of nitrogens with zero attached hydrogens (tertiary/aromatic N) is 1. The second-order valence-corrected chi connectivity index (χ2v) is 6.25. The van der Waals surface area contributed by atoms with Crippen molar-refractivity contribution in [2.75, 3.05) is 0 Å². The molecule has 2 saturated carbocycles. The van der Waals surface area contributed by atoms with Crippen LogP contribution in [0.15, 0.2) is 18.2 Å². The van der Waals surface area contributed by atoms with Gasteiger partial charge >= 0.3 is 6.18 Å². The summed E-state index contributed by atoms with van der Waals surface area (Å²) in [5.41, 5.74) is 3.70. The predicted octanol–water partition coefficient (Wildman–Crippen LogP) is 3.26. The summed E-state index contributed by atoms with van der Waals surface area (Å²) < 4.78 is 44.2. The zero-order chi connectivity index (χ0) is 16.1. The molecular formula is C14H15F3N2O3. The lowest BCUT2D eigenvalue weighted by atomic mass is 9.53. The summed E-state index contributed by atoms with van der Waals surface area (Å²) in [6.45, 7) is 0. The molecule has 0 aromatic heterocycles. The molecule has 1 aromatic carbocycles. The average Bonchev–Trinajstić information content (AvgIpc) is 2.33. The monoisotopic (exact) mass is 316 g/mol. The molecule has 120 valence electrons. The van der Waals surface area contributed by atoms with E-state index in [2.05, 4.69) is 0 Å². The van der Waals surface area contributed by atoms with E-state index in [9.17, 15) is 23.3 Å². The van der Waals surface area contributed by atoms with E-state index in [0.29, 0.717) is 6.07 Å². The van der Waals surface area contributed by atoms with Gasteiger partial charge in [0, 0.05) is 12.1 Å². The fourth-order valence-electron chi connectivity index (χ4n) is 3.54. The molecule has 0 amide bonds. The Morgan fingerprint density at radius 3 is 2.41 bits per heavy atom. The molecule has 1 spiro atoms.